The molecular weight excluding hydrogens is 290 g/mol. The fraction of sp³-hybridized carbons (Fsp3) is 0.357. The maximum atomic E-state index is 4.42. The van der Waals surface area contributed by atoms with Crippen molar-refractivity contribution >= 4 is 15.9 Å². The number of imidazole rings is 1. The first-order valence-electron chi connectivity index (χ1n) is 6.23. The van der Waals surface area contributed by atoms with Crippen LogP contribution < -0.4 is 5.32 Å². The van der Waals surface area contributed by atoms with Gasteiger partial charge < -0.3 is 9.88 Å². The van der Waals surface area contributed by atoms with Crippen molar-refractivity contribution in [3.63, 3.8) is 0 Å². The van der Waals surface area contributed by atoms with Gasteiger partial charge in [0.2, 0.25) is 0 Å². The van der Waals surface area contributed by atoms with Gasteiger partial charge in [-0.15, -0.1) is 0 Å². The van der Waals surface area contributed by atoms with E-state index in [1.165, 1.54) is 5.56 Å². The van der Waals surface area contributed by atoms with Crippen LogP contribution in [0.2, 0.25) is 0 Å². The van der Waals surface area contributed by atoms with Gasteiger partial charge in [-0.25, -0.2) is 4.98 Å². The van der Waals surface area contributed by atoms with E-state index in [9.17, 15) is 0 Å². The van der Waals surface area contributed by atoms with Gasteiger partial charge in [-0.2, -0.15) is 0 Å². The lowest BCUT2D eigenvalue weighted by atomic mass is 10.2. The van der Waals surface area contributed by atoms with E-state index < -0.39 is 0 Å². The smallest absolute Gasteiger partial charge is 0.0952 e. The maximum absolute atomic E-state index is 4.42. The highest BCUT2D eigenvalue weighted by Gasteiger charge is 2.00. The summed E-state index contributed by atoms with van der Waals surface area (Å²) in [6, 6.07) is 8.36. The number of aromatic nitrogens is 2. The van der Waals surface area contributed by atoms with Gasteiger partial charge in [-0.3, -0.25) is 0 Å². The summed E-state index contributed by atoms with van der Waals surface area (Å²) in [5.41, 5.74) is 2.42. The molecule has 1 heterocycles. The van der Waals surface area contributed by atoms with Crippen molar-refractivity contribution in [2.75, 3.05) is 13.1 Å². The van der Waals surface area contributed by atoms with Crippen LogP contribution in [0.5, 0.6) is 0 Å². The maximum Gasteiger partial charge on any atom is 0.0952 e. The molecule has 2 rings (SSSR count). The van der Waals surface area contributed by atoms with Gasteiger partial charge in [-0.1, -0.05) is 35.0 Å². The van der Waals surface area contributed by atoms with Crippen LogP contribution in [-0.4, -0.2) is 22.6 Å². The highest BCUT2D eigenvalue weighted by atomic mass is 79.9. The molecule has 0 bridgehead atoms. The normalized spacial score (nSPS) is 10.8. The van der Waals surface area contributed by atoms with E-state index >= 15 is 0 Å². The molecule has 18 heavy (non-hydrogen) atoms. The monoisotopic (exact) mass is 307 g/mol. The van der Waals surface area contributed by atoms with Crippen LogP contribution in [0, 0.1) is 0 Å². The van der Waals surface area contributed by atoms with Crippen LogP contribution in [0.4, 0.5) is 0 Å². The van der Waals surface area contributed by atoms with E-state index in [2.05, 4.69) is 62.1 Å². The quantitative estimate of drug-likeness (QED) is 0.832. The first-order chi connectivity index (χ1) is 8.78. The fourth-order valence-electron chi connectivity index (χ4n) is 1.86. The zero-order valence-electron chi connectivity index (χ0n) is 10.6. The standard InChI is InChI=1S/C14H18BrN3/c1-2-16-7-6-14-10-18(11-17-14)9-12-4-3-5-13(15)8-12/h3-5,8,10-11,16H,2,6-7,9H2,1H3. The third-order valence-corrected chi connectivity index (χ3v) is 3.24. The fourth-order valence-corrected chi connectivity index (χ4v) is 2.31. The van der Waals surface area contributed by atoms with Crippen molar-refractivity contribution in [3.05, 3.63) is 52.5 Å². The summed E-state index contributed by atoms with van der Waals surface area (Å²) < 4.78 is 3.25. The average Bonchev–Trinajstić information content (AvgIpc) is 2.77. The minimum atomic E-state index is 0.869. The molecule has 0 aliphatic heterocycles. The zero-order chi connectivity index (χ0) is 12.8. The molecule has 96 valence electrons. The van der Waals surface area contributed by atoms with Crippen molar-refractivity contribution in [2.24, 2.45) is 0 Å². The Kier molecular flexibility index (Phi) is 4.96. The van der Waals surface area contributed by atoms with E-state index in [0.717, 1.165) is 36.2 Å². The van der Waals surface area contributed by atoms with Gasteiger partial charge in [0, 0.05) is 30.2 Å². The molecule has 1 N–H and O–H groups in total. The summed E-state index contributed by atoms with van der Waals surface area (Å²) >= 11 is 3.49. The highest BCUT2D eigenvalue weighted by Crippen LogP contribution is 2.12. The molecule has 0 saturated heterocycles. The van der Waals surface area contributed by atoms with Crippen LogP contribution in [0.25, 0.3) is 0 Å². The van der Waals surface area contributed by atoms with Crippen molar-refractivity contribution in [3.8, 4) is 0 Å². The molecule has 0 atom stereocenters. The van der Waals surface area contributed by atoms with Crippen LogP contribution in [0.15, 0.2) is 41.3 Å². The Labute approximate surface area is 116 Å². The SMILES string of the molecule is CCNCCc1cn(Cc2cccc(Br)c2)cn1. The number of rotatable bonds is 6. The second-order valence-electron chi connectivity index (χ2n) is 4.27. The van der Waals surface area contributed by atoms with Gasteiger partial charge in [0.05, 0.1) is 12.0 Å². The molecule has 0 saturated carbocycles. The number of hydrogen-bond donors (Lipinski definition) is 1. The molecule has 1 aromatic carbocycles. The van der Waals surface area contributed by atoms with Crippen LogP contribution >= 0.6 is 15.9 Å². The first-order valence-corrected chi connectivity index (χ1v) is 7.03. The summed E-state index contributed by atoms with van der Waals surface area (Å²) in [4.78, 5) is 4.42. The van der Waals surface area contributed by atoms with E-state index in [1.807, 2.05) is 12.4 Å². The summed E-state index contributed by atoms with van der Waals surface area (Å²) in [7, 11) is 0. The molecule has 0 aliphatic carbocycles. The summed E-state index contributed by atoms with van der Waals surface area (Å²) in [5.74, 6) is 0. The number of likely N-dealkylation sites (N-methyl/N-ethyl adjacent to an activating group) is 1. The molecule has 0 aliphatic rings. The van der Waals surface area contributed by atoms with Gasteiger partial charge >= 0.3 is 0 Å². The van der Waals surface area contributed by atoms with Crippen LogP contribution in [0.3, 0.4) is 0 Å². The van der Waals surface area contributed by atoms with E-state index in [4.69, 9.17) is 0 Å². The second-order valence-corrected chi connectivity index (χ2v) is 5.19. The number of halogens is 1. The minimum Gasteiger partial charge on any atom is -0.333 e. The zero-order valence-corrected chi connectivity index (χ0v) is 12.2. The highest BCUT2D eigenvalue weighted by molar-refractivity contribution is 9.10. The van der Waals surface area contributed by atoms with Crippen LogP contribution in [0.1, 0.15) is 18.2 Å². The Morgan fingerprint density at radius 1 is 1.39 bits per heavy atom. The molecule has 4 heteroatoms. The molecule has 0 spiro atoms. The minimum absolute atomic E-state index is 0.869. The van der Waals surface area contributed by atoms with Crippen molar-refractivity contribution in [2.45, 2.75) is 19.9 Å². The molecule has 2 aromatic rings. The Morgan fingerprint density at radius 2 is 2.28 bits per heavy atom. The van der Waals surface area contributed by atoms with E-state index in [0.29, 0.717) is 0 Å². The summed E-state index contributed by atoms with van der Waals surface area (Å²) in [6.07, 6.45) is 5.01. The molecule has 0 radical (unpaired) electrons. The lowest BCUT2D eigenvalue weighted by Gasteiger charge is -2.02. The number of nitrogens with zero attached hydrogens (tertiary/aromatic N) is 2. The number of benzene rings is 1. The van der Waals surface area contributed by atoms with Gasteiger partial charge in [0.15, 0.2) is 0 Å². The van der Waals surface area contributed by atoms with Gasteiger partial charge in [0.25, 0.3) is 0 Å². The predicted octanol–water partition coefficient (Wildman–Crippen LogP) is 2.85. The van der Waals surface area contributed by atoms with Gasteiger partial charge in [0.1, 0.15) is 0 Å². The lowest BCUT2D eigenvalue weighted by Crippen LogP contribution is -2.16. The summed E-state index contributed by atoms with van der Waals surface area (Å²) in [6.45, 7) is 4.99. The Bertz CT molecular complexity index is 493. The third-order valence-electron chi connectivity index (χ3n) is 2.75. The average molecular weight is 308 g/mol. The van der Waals surface area contributed by atoms with Crippen molar-refractivity contribution in [1.82, 2.24) is 14.9 Å². The molecule has 1 aromatic heterocycles. The van der Waals surface area contributed by atoms with Crippen molar-refractivity contribution < 1.29 is 0 Å². The Balaban J connectivity index is 1.94. The van der Waals surface area contributed by atoms with Gasteiger partial charge in [-0.05, 0) is 24.2 Å². The molecule has 0 amide bonds. The number of hydrogen-bond acceptors (Lipinski definition) is 2. The van der Waals surface area contributed by atoms with E-state index in [-0.39, 0.29) is 0 Å². The Morgan fingerprint density at radius 3 is 3.06 bits per heavy atom. The largest absolute Gasteiger partial charge is 0.333 e. The molecule has 0 unspecified atom stereocenters. The number of nitrogens with one attached hydrogen (secondary N) is 1. The lowest BCUT2D eigenvalue weighted by molar-refractivity contribution is 0.708. The topological polar surface area (TPSA) is 29.9 Å². The molecule has 0 fully saturated rings. The second kappa shape index (κ2) is 6.71. The molecule has 3 nitrogen and oxygen atoms in total. The summed E-state index contributed by atoms with van der Waals surface area (Å²) in [5, 5.41) is 3.31. The first kappa shape index (κ1) is 13.3. The third kappa shape index (κ3) is 3.96. The predicted molar refractivity (Wildman–Crippen MR) is 77.7 cm³/mol. The molecular formula is C14H18BrN3. The van der Waals surface area contributed by atoms with Crippen molar-refractivity contribution in [1.29, 1.82) is 0 Å². The van der Waals surface area contributed by atoms with Crippen LogP contribution in [-0.2, 0) is 13.0 Å². The Hall–Kier alpha value is -1.13. The van der Waals surface area contributed by atoms with E-state index in [1.54, 1.807) is 0 Å².